The molecule has 0 bridgehead atoms. The van der Waals surface area contributed by atoms with Crippen molar-refractivity contribution in [2.75, 3.05) is 13.2 Å². The second-order valence-electron chi connectivity index (χ2n) is 5.48. The molecule has 1 heterocycles. The predicted molar refractivity (Wildman–Crippen MR) is 89.8 cm³/mol. The number of furan rings is 1. The van der Waals surface area contributed by atoms with E-state index in [0.29, 0.717) is 24.4 Å². The standard InChI is InChI=1S/C18H22N2O4/c1-3-23-15-6-4-13(5-7-15)10-14(17(19)21)11-20-18(22)16-8-9-24-12(16)2/h4-9,14H,3,10-11H2,1-2H3,(H2,19,21)(H,20,22)/t14-/m1/s1. The lowest BCUT2D eigenvalue weighted by atomic mass is 9.98. The predicted octanol–water partition coefficient (Wildman–Crippen LogP) is 2.06. The number of nitrogens with one attached hydrogen (secondary N) is 1. The molecular weight excluding hydrogens is 308 g/mol. The third-order valence-electron chi connectivity index (χ3n) is 3.73. The van der Waals surface area contributed by atoms with Crippen LogP contribution in [0.3, 0.4) is 0 Å². The molecule has 2 rings (SSSR count). The molecule has 6 nitrogen and oxygen atoms in total. The van der Waals surface area contributed by atoms with Crippen molar-refractivity contribution in [2.24, 2.45) is 11.7 Å². The van der Waals surface area contributed by atoms with Crippen molar-refractivity contribution in [3.63, 3.8) is 0 Å². The minimum Gasteiger partial charge on any atom is -0.494 e. The Morgan fingerprint density at radius 3 is 2.50 bits per heavy atom. The number of hydrogen-bond acceptors (Lipinski definition) is 4. The van der Waals surface area contributed by atoms with Crippen LogP contribution in [-0.4, -0.2) is 25.0 Å². The van der Waals surface area contributed by atoms with Crippen LogP contribution in [0.1, 0.15) is 28.6 Å². The smallest absolute Gasteiger partial charge is 0.254 e. The zero-order valence-electron chi connectivity index (χ0n) is 13.9. The monoisotopic (exact) mass is 330 g/mol. The molecule has 0 unspecified atom stereocenters. The van der Waals surface area contributed by atoms with Crippen LogP contribution < -0.4 is 15.8 Å². The van der Waals surface area contributed by atoms with Crippen LogP contribution in [0.25, 0.3) is 0 Å². The van der Waals surface area contributed by atoms with Gasteiger partial charge in [0.2, 0.25) is 5.91 Å². The number of nitrogens with two attached hydrogens (primary N) is 1. The Morgan fingerprint density at radius 2 is 1.96 bits per heavy atom. The molecule has 0 radical (unpaired) electrons. The van der Waals surface area contributed by atoms with Gasteiger partial charge in [0.1, 0.15) is 11.5 Å². The van der Waals surface area contributed by atoms with E-state index in [-0.39, 0.29) is 12.5 Å². The first-order chi connectivity index (χ1) is 11.5. The van der Waals surface area contributed by atoms with Gasteiger partial charge in [-0.3, -0.25) is 9.59 Å². The minimum absolute atomic E-state index is 0.173. The number of hydrogen-bond donors (Lipinski definition) is 2. The fourth-order valence-corrected chi connectivity index (χ4v) is 2.38. The topological polar surface area (TPSA) is 94.6 Å². The van der Waals surface area contributed by atoms with Crippen molar-refractivity contribution in [2.45, 2.75) is 20.3 Å². The van der Waals surface area contributed by atoms with Crippen molar-refractivity contribution >= 4 is 11.8 Å². The molecule has 3 N–H and O–H groups in total. The number of benzene rings is 1. The molecule has 1 atom stereocenters. The van der Waals surface area contributed by atoms with Crippen molar-refractivity contribution in [3.8, 4) is 5.75 Å². The number of primary amides is 1. The van der Waals surface area contributed by atoms with Crippen molar-refractivity contribution in [1.29, 1.82) is 0 Å². The first-order valence-corrected chi connectivity index (χ1v) is 7.84. The van der Waals surface area contributed by atoms with Gasteiger partial charge in [0, 0.05) is 6.54 Å². The molecule has 0 fully saturated rings. The van der Waals surface area contributed by atoms with E-state index in [4.69, 9.17) is 14.9 Å². The lowest BCUT2D eigenvalue weighted by Gasteiger charge is -2.15. The van der Waals surface area contributed by atoms with Gasteiger partial charge in [-0.15, -0.1) is 0 Å². The van der Waals surface area contributed by atoms with Crippen molar-refractivity contribution in [3.05, 3.63) is 53.5 Å². The second kappa shape index (κ2) is 8.19. The molecule has 24 heavy (non-hydrogen) atoms. The number of carbonyl (C=O) groups excluding carboxylic acids is 2. The molecule has 1 aromatic heterocycles. The lowest BCUT2D eigenvalue weighted by molar-refractivity contribution is -0.121. The van der Waals surface area contributed by atoms with E-state index in [2.05, 4.69) is 5.32 Å². The average molecular weight is 330 g/mol. The van der Waals surface area contributed by atoms with Gasteiger partial charge in [-0.2, -0.15) is 0 Å². The van der Waals surface area contributed by atoms with E-state index in [9.17, 15) is 9.59 Å². The Balaban J connectivity index is 1.95. The van der Waals surface area contributed by atoms with Gasteiger partial charge >= 0.3 is 0 Å². The summed E-state index contributed by atoms with van der Waals surface area (Å²) < 4.78 is 10.5. The van der Waals surface area contributed by atoms with Gasteiger partial charge in [0.05, 0.1) is 24.4 Å². The zero-order valence-corrected chi connectivity index (χ0v) is 13.9. The summed E-state index contributed by atoms with van der Waals surface area (Å²) in [5.41, 5.74) is 6.88. The van der Waals surface area contributed by atoms with Gasteiger partial charge in [-0.25, -0.2) is 0 Å². The molecule has 1 aromatic carbocycles. The van der Waals surface area contributed by atoms with Gasteiger partial charge in [-0.1, -0.05) is 12.1 Å². The van der Waals surface area contributed by atoms with Gasteiger partial charge in [0.15, 0.2) is 0 Å². The Bertz CT molecular complexity index is 691. The maximum Gasteiger partial charge on any atom is 0.254 e. The van der Waals surface area contributed by atoms with Crippen LogP contribution in [0.4, 0.5) is 0 Å². The Hall–Kier alpha value is -2.76. The highest BCUT2D eigenvalue weighted by atomic mass is 16.5. The number of aryl methyl sites for hydroxylation is 1. The molecular formula is C18H22N2O4. The molecule has 6 heteroatoms. The first-order valence-electron chi connectivity index (χ1n) is 7.84. The maximum atomic E-state index is 12.1. The summed E-state index contributed by atoms with van der Waals surface area (Å²) in [5.74, 6) is 0.0987. The maximum absolute atomic E-state index is 12.1. The van der Waals surface area contributed by atoms with Gasteiger partial charge in [-0.05, 0) is 44.0 Å². The summed E-state index contributed by atoms with van der Waals surface area (Å²) in [5, 5.41) is 2.73. The quantitative estimate of drug-likeness (QED) is 0.774. The average Bonchev–Trinajstić information content (AvgIpc) is 2.99. The van der Waals surface area contributed by atoms with Crippen LogP contribution >= 0.6 is 0 Å². The van der Waals surface area contributed by atoms with Crippen molar-refractivity contribution in [1.82, 2.24) is 5.32 Å². The summed E-state index contributed by atoms with van der Waals surface area (Å²) in [4.78, 5) is 23.7. The molecule has 0 saturated heterocycles. The number of carbonyl (C=O) groups is 2. The molecule has 0 aliphatic rings. The van der Waals surface area contributed by atoms with Gasteiger partial charge < -0.3 is 20.2 Å². The van der Waals surface area contributed by atoms with E-state index in [1.54, 1.807) is 13.0 Å². The number of ether oxygens (including phenoxy) is 1. The number of rotatable bonds is 8. The van der Waals surface area contributed by atoms with E-state index in [1.165, 1.54) is 6.26 Å². The summed E-state index contributed by atoms with van der Waals surface area (Å²) in [7, 11) is 0. The van der Waals surface area contributed by atoms with E-state index in [0.717, 1.165) is 11.3 Å². The number of amides is 2. The normalized spacial score (nSPS) is 11.8. The molecule has 0 saturated carbocycles. The Morgan fingerprint density at radius 1 is 1.25 bits per heavy atom. The third-order valence-corrected chi connectivity index (χ3v) is 3.73. The minimum atomic E-state index is -0.487. The molecule has 0 aliphatic carbocycles. The molecule has 128 valence electrons. The summed E-state index contributed by atoms with van der Waals surface area (Å²) in [6.45, 7) is 4.40. The fraction of sp³-hybridized carbons (Fsp3) is 0.333. The molecule has 2 aromatic rings. The highest BCUT2D eigenvalue weighted by Gasteiger charge is 2.19. The molecule has 0 spiro atoms. The van der Waals surface area contributed by atoms with Gasteiger partial charge in [0.25, 0.3) is 5.91 Å². The summed E-state index contributed by atoms with van der Waals surface area (Å²) >= 11 is 0. The Kier molecular flexibility index (Phi) is 6.01. The lowest BCUT2D eigenvalue weighted by Crippen LogP contribution is -2.37. The first kappa shape index (κ1) is 17.6. The van der Waals surface area contributed by atoms with E-state index >= 15 is 0 Å². The largest absolute Gasteiger partial charge is 0.494 e. The fourth-order valence-electron chi connectivity index (χ4n) is 2.38. The SMILES string of the molecule is CCOc1ccc(C[C@H](CNC(=O)c2ccoc2C)C(N)=O)cc1. The zero-order chi connectivity index (χ0) is 17.5. The van der Waals surface area contributed by atoms with Crippen LogP contribution in [0.15, 0.2) is 41.0 Å². The highest BCUT2D eigenvalue weighted by molar-refractivity contribution is 5.95. The molecule has 2 amide bonds. The summed E-state index contributed by atoms with van der Waals surface area (Å²) in [6, 6.07) is 9.08. The van der Waals surface area contributed by atoms with Crippen molar-refractivity contribution < 1.29 is 18.7 Å². The summed E-state index contributed by atoms with van der Waals surface area (Å²) in [6.07, 6.45) is 1.90. The Labute approximate surface area is 141 Å². The third kappa shape index (κ3) is 4.62. The van der Waals surface area contributed by atoms with E-state index in [1.807, 2.05) is 31.2 Å². The molecule has 0 aliphatic heterocycles. The van der Waals surface area contributed by atoms with Crippen LogP contribution in [0.2, 0.25) is 0 Å². The van der Waals surface area contributed by atoms with Crippen LogP contribution in [0, 0.1) is 12.8 Å². The van der Waals surface area contributed by atoms with Crippen LogP contribution in [0.5, 0.6) is 5.75 Å². The van der Waals surface area contributed by atoms with E-state index < -0.39 is 11.8 Å². The second-order valence-corrected chi connectivity index (χ2v) is 5.48. The van der Waals surface area contributed by atoms with Crippen LogP contribution in [-0.2, 0) is 11.2 Å². The highest BCUT2D eigenvalue weighted by Crippen LogP contribution is 2.15.